The molecule has 3 fully saturated rings. The van der Waals surface area contributed by atoms with Gasteiger partial charge in [-0.3, -0.25) is 14.4 Å². The first-order chi connectivity index (χ1) is 14.1. The molecular weight excluding hydrogens is 380 g/mol. The third kappa shape index (κ3) is 3.15. The minimum absolute atomic E-state index is 0.000124. The van der Waals surface area contributed by atoms with Gasteiger partial charge in [-0.1, -0.05) is 26.3 Å². The number of esters is 2. The standard InChI is InChI=1S/C25H36O5/c1-14-10-18-12-19(28)11-15(2)25(18,13-29-16(3)26)21-8-9-24(5)20(23(14)21)6-7-22(24)30-17(4)27/h12,14-15,20-23H,6-11,13H2,1-5H3/t14-,15+,20+,21+,22+,23+,24+,25+/m1/s1. The van der Waals surface area contributed by atoms with Crippen LogP contribution in [-0.2, 0) is 23.9 Å². The molecule has 0 radical (unpaired) electrons. The van der Waals surface area contributed by atoms with Gasteiger partial charge in [0.15, 0.2) is 5.78 Å². The highest BCUT2D eigenvalue weighted by atomic mass is 16.5. The smallest absolute Gasteiger partial charge is 0.302 e. The van der Waals surface area contributed by atoms with Crippen LogP contribution in [0.4, 0.5) is 0 Å². The molecule has 0 aromatic carbocycles. The Bertz CT molecular complexity index is 784. The molecule has 0 aromatic heterocycles. The van der Waals surface area contributed by atoms with Crippen molar-refractivity contribution in [3.8, 4) is 0 Å². The van der Waals surface area contributed by atoms with Gasteiger partial charge >= 0.3 is 11.9 Å². The minimum atomic E-state index is -0.251. The molecular formula is C25H36O5. The van der Waals surface area contributed by atoms with Crippen LogP contribution in [0.2, 0.25) is 0 Å². The van der Waals surface area contributed by atoms with E-state index < -0.39 is 0 Å². The van der Waals surface area contributed by atoms with Crippen LogP contribution in [0, 0.1) is 40.4 Å². The summed E-state index contributed by atoms with van der Waals surface area (Å²) in [6, 6.07) is 0. The van der Waals surface area contributed by atoms with Crippen molar-refractivity contribution in [1.82, 2.24) is 0 Å². The minimum Gasteiger partial charge on any atom is -0.465 e. The van der Waals surface area contributed by atoms with Gasteiger partial charge in [-0.2, -0.15) is 0 Å². The molecule has 0 N–H and O–H groups in total. The molecule has 5 nitrogen and oxygen atoms in total. The number of hydrogen-bond donors (Lipinski definition) is 0. The molecule has 0 amide bonds. The average molecular weight is 417 g/mol. The van der Waals surface area contributed by atoms with Crippen molar-refractivity contribution in [3.05, 3.63) is 11.6 Å². The molecule has 8 atom stereocenters. The van der Waals surface area contributed by atoms with E-state index in [9.17, 15) is 14.4 Å². The number of hydrogen-bond acceptors (Lipinski definition) is 5. The number of fused-ring (bicyclic) bond motifs is 5. The van der Waals surface area contributed by atoms with Crippen LogP contribution >= 0.6 is 0 Å². The molecule has 5 heteroatoms. The lowest BCUT2D eigenvalue weighted by molar-refractivity contribution is -0.166. The first-order valence-electron chi connectivity index (χ1n) is 11.6. The Morgan fingerprint density at radius 1 is 1.07 bits per heavy atom. The second kappa shape index (κ2) is 7.49. The SMILES string of the molecule is CC(=O)OC[C@@]12C(=CC(=O)C[C@@H]1C)C[C@@H](C)[C@H]1[C@@H]3CC[C@H](OC(C)=O)[C@@]3(C)CC[C@@H]12. The molecule has 3 saturated carbocycles. The van der Waals surface area contributed by atoms with Crippen LogP contribution in [0.15, 0.2) is 11.6 Å². The molecule has 4 aliphatic carbocycles. The van der Waals surface area contributed by atoms with Gasteiger partial charge in [0.05, 0.1) is 0 Å². The van der Waals surface area contributed by atoms with Crippen molar-refractivity contribution in [1.29, 1.82) is 0 Å². The Hall–Kier alpha value is -1.65. The topological polar surface area (TPSA) is 69.7 Å². The molecule has 0 aromatic rings. The molecule has 30 heavy (non-hydrogen) atoms. The predicted molar refractivity (Wildman–Crippen MR) is 112 cm³/mol. The summed E-state index contributed by atoms with van der Waals surface area (Å²) < 4.78 is 11.5. The Morgan fingerprint density at radius 2 is 1.80 bits per heavy atom. The molecule has 0 aliphatic heterocycles. The summed E-state index contributed by atoms with van der Waals surface area (Å²) in [6.07, 6.45) is 7.35. The highest BCUT2D eigenvalue weighted by molar-refractivity contribution is 5.92. The lowest BCUT2D eigenvalue weighted by atomic mass is 9.43. The zero-order valence-electron chi connectivity index (χ0n) is 19.0. The maximum atomic E-state index is 12.4. The maximum Gasteiger partial charge on any atom is 0.302 e. The summed E-state index contributed by atoms with van der Waals surface area (Å²) >= 11 is 0. The molecule has 166 valence electrons. The summed E-state index contributed by atoms with van der Waals surface area (Å²) in [6.45, 7) is 10.2. The van der Waals surface area contributed by atoms with Gasteiger partial charge in [0.25, 0.3) is 0 Å². The summed E-state index contributed by atoms with van der Waals surface area (Å²) in [7, 11) is 0. The van der Waals surface area contributed by atoms with Crippen LogP contribution in [-0.4, -0.2) is 30.4 Å². The molecule has 0 heterocycles. The third-order valence-corrected chi connectivity index (χ3v) is 9.25. The van der Waals surface area contributed by atoms with Gasteiger partial charge < -0.3 is 9.47 Å². The largest absolute Gasteiger partial charge is 0.465 e. The Kier molecular flexibility index (Phi) is 5.39. The number of carbonyl (C=O) groups is 3. The Labute approximate surface area is 179 Å². The maximum absolute atomic E-state index is 12.4. The zero-order valence-corrected chi connectivity index (χ0v) is 19.0. The normalized spacial score (nSPS) is 45.0. The molecule has 4 rings (SSSR count). The fraction of sp³-hybridized carbons (Fsp3) is 0.800. The highest BCUT2D eigenvalue weighted by Crippen LogP contribution is 2.68. The highest BCUT2D eigenvalue weighted by Gasteiger charge is 2.64. The predicted octanol–water partition coefficient (Wildman–Crippen LogP) is 4.49. The van der Waals surface area contributed by atoms with Crippen molar-refractivity contribution in [2.45, 2.75) is 79.2 Å². The summed E-state index contributed by atoms with van der Waals surface area (Å²) in [5.41, 5.74) is 0.982. The van der Waals surface area contributed by atoms with Crippen molar-refractivity contribution in [2.24, 2.45) is 40.4 Å². The van der Waals surface area contributed by atoms with Gasteiger partial charge in [-0.25, -0.2) is 0 Å². The van der Waals surface area contributed by atoms with E-state index in [4.69, 9.17) is 9.47 Å². The van der Waals surface area contributed by atoms with Crippen LogP contribution in [0.3, 0.4) is 0 Å². The van der Waals surface area contributed by atoms with E-state index in [0.29, 0.717) is 36.7 Å². The van der Waals surface area contributed by atoms with Gasteiger partial charge in [0.1, 0.15) is 12.7 Å². The van der Waals surface area contributed by atoms with E-state index in [2.05, 4.69) is 20.8 Å². The monoisotopic (exact) mass is 416 g/mol. The first kappa shape index (κ1) is 21.6. The molecule has 0 spiro atoms. The van der Waals surface area contributed by atoms with Crippen molar-refractivity contribution in [2.75, 3.05) is 6.61 Å². The number of ether oxygens (including phenoxy) is 2. The Morgan fingerprint density at radius 3 is 2.47 bits per heavy atom. The van der Waals surface area contributed by atoms with Gasteiger partial charge in [0, 0.05) is 31.1 Å². The van der Waals surface area contributed by atoms with E-state index in [1.807, 2.05) is 6.08 Å². The lowest BCUT2D eigenvalue weighted by Gasteiger charge is -2.62. The van der Waals surface area contributed by atoms with E-state index in [1.165, 1.54) is 19.4 Å². The summed E-state index contributed by atoms with van der Waals surface area (Å²) in [5.74, 6) is 1.78. The number of ketones is 1. The Balaban J connectivity index is 1.73. The second-order valence-corrected chi connectivity index (χ2v) is 10.8. The number of rotatable bonds is 3. The summed E-state index contributed by atoms with van der Waals surface area (Å²) in [5, 5.41) is 0. The van der Waals surface area contributed by atoms with E-state index in [0.717, 1.165) is 32.1 Å². The zero-order chi connectivity index (χ0) is 21.8. The second-order valence-electron chi connectivity index (χ2n) is 10.8. The lowest BCUT2D eigenvalue weighted by Crippen LogP contribution is -2.58. The van der Waals surface area contributed by atoms with Crippen LogP contribution < -0.4 is 0 Å². The molecule has 0 saturated heterocycles. The fourth-order valence-corrected chi connectivity index (χ4v) is 8.02. The van der Waals surface area contributed by atoms with Crippen LogP contribution in [0.5, 0.6) is 0 Å². The summed E-state index contributed by atoms with van der Waals surface area (Å²) in [4.78, 5) is 35.9. The van der Waals surface area contributed by atoms with Crippen molar-refractivity contribution in [3.63, 3.8) is 0 Å². The van der Waals surface area contributed by atoms with Crippen molar-refractivity contribution < 1.29 is 23.9 Å². The van der Waals surface area contributed by atoms with E-state index in [1.54, 1.807) is 0 Å². The first-order valence-corrected chi connectivity index (χ1v) is 11.6. The van der Waals surface area contributed by atoms with Crippen LogP contribution in [0.25, 0.3) is 0 Å². The van der Waals surface area contributed by atoms with Gasteiger partial charge in [-0.15, -0.1) is 0 Å². The average Bonchev–Trinajstić information content (AvgIpc) is 2.96. The molecule has 0 unspecified atom stereocenters. The molecule has 4 aliphatic rings. The third-order valence-electron chi connectivity index (χ3n) is 9.25. The quantitative estimate of drug-likeness (QED) is 0.634. The molecule has 0 bridgehead atoms. The van der Waals surface area contributed by atoms with Gasteiger partial charge in [-0.05, 0) is 67.8 Å². The van der Waals surface area contributed by atoms with E-state index in [-0.39, 0.29) is 40.6 Å². The fourth-order valence-electron chi connectivity index (χ4n) is 8.02. The van der Waals surface area contributed by atoms with E-state index >= 15 is 0 Å². The van der Waals surface area contributed by atoms with Crippen molar-refractivity contribution >= 4 is 17.7 Å². The number of carbonyl (C=O) groups excluding carboxylic acids is 3. The van der Waals surface area contributed by atoms with Crippen LogP contribution in [0.1, 0.15) is 73.1 Å². The van der Waals surface area contributed by atoms with Gasteiger partial charge in [0.2, 0.25) is 0 Å².